The summed E-state index contributed by atoms with van der Waals surface area (Å²) in [6.07, 6.45) is 0. The van der Waals surface area contributed by atoms with Crippen LogP contribution in [0.25, 0.3) is 0 Å². The third kappa shape index (κ3) is 1.84. The molecular formula is C8H8ClNO3. The van der Waals surface area contributed by atoms with Crippen molar-refractivity contribution >= 4 is 23.3 Å². The van der Waals surface area contributed by atoms with Gasteiger partial charge in [-0.1, -0.05) is 11.6 Å². The maximum atomic E-state index is 10.7. The third-order valence-electron chi connectivity index (χ3n) is 1.53. The molecular weight excluding hydrogens is 194 g/mol. The Balaban J connectivity index is 3.38. The lowest BCUT2D eigenvalue weighted by Gasteiger charge is -2.07. The Morgan fingerprint density at radius 1 is 1.62 bits per heavy atom. The minimum Gasteiger partial charge on any atom is -0.496 e. The number of rotatable bonds is 2. The fraction of sp³-hybridized carbons (Fsp3) is 0.125. The zero-order valence-electron chi connectivity index (χ0n) is 6.87. The molecule has 0 radical (unpaired) electrons. The lowest BCUT2D eigenvalue weighted by molar-refractivity contribution is 0.0694. The van der Waals surface area contributed by atoms with E-state index in [0.29, 0.717) is 5.02 Å². The highest BCUT2D eigenvalue weighted by atomic mass is 35.5. The summed E-state index contributed by atoms with van der Waals surface area (Å²) >= 11 is 5.65. The molecule has 0 aliphatic carbocycles. The minimum atomic E-state index is -1.13. The molecule has 1 aromatic carbocycles. The van der Waals surface area contributed by atoms with E-state index in [1.807, 2.05) is 0 Å². The average Bonchev–Trinajstić information content (AvgIpc) is 2.01. The largest absolute Gasteiger partial charge is 0.496 e. The quantitative estimate of drug-likeness (QED) is 0.714. The van der Waals surface area contributed by atoms with E-state index in [0.717, 1.165) is 0 Å². The number of hydrogen-bond acceptors (Lipinski definition) is 3. The number of carbonyl (C=O) groups is 1. The molecule has 0 aromatic heterocycles. The summed E-state index contributed by atoms with van der Waals surface area (Å²) in [7, 11) is 1.36. The average molecular weight is 202 g/mol. The number of benzene rings is 1. The number of carboxylic acid groups (broad SMARTS) is 1. The highest BCUT2D eigenvalue weighted by molar-refractivity contribution is 6.31. The zero-order valence-corrected chi connectivity index (χ0v) is 7.63. The van der Waals surface area contributed by atoms with Gasteiger partial charge in [-0.05, 0) is 12.1 Å². The third-order valence-corrected chi connectivity index (χ3v) is 1.75. The summed E-state index contributed by atoms with van der Waals surface area (Å²) in [5.41, 5.74) is 5.48. The van der Waals surface area contributed by atoms with Gasteiger partial charge in [0.1, 0.15) is 11.3 Å². The van der Waals surface area contributed by atoms with E-state index < -0.39 is 5.97 Å². The van der Waals surface area contributed by atoms with Crippen molar-refractivity contribution in [2.45, 2.75) is 0 Å². The van der Waals surface area contributed by atoms with Gasteiger partial charge in [-0.3, -0.25) is 0 Å². The molecule has 0 unspecified atom stereocenters. The molecule has 0 aliphatic heterocycles. The smallest absolute Gasteiger partial charge is 0.341 e. The fourth-order valence-electron chi connectivity index (χ4n) is 0.992. The Bertz CT molecular complexity index is 351. The van der Waals surface area contributed by atoms with Crippen molar-refractivity contribution < 1.29 is 14.6 Å². The number of methoxy groups -OCH3 is 1. The maximum Gasteiger partial charge on any atom is 0.341 e. The van der Waals surface area contributed by atoms with Crippen LogP contribution in [0.2, 0.25) is 5.02 Å². The van der Waals surface area contributed by atoms with E-state index in [1.165, 1.54) is 19.2 Å². The number of nitrogens with two attached hydrogens (primary N) is 1. The van der Waals surface area contributed by atoms with Gasteiger partial charge in [0.25, 0.3) is 0 Å². The molecule has 0 saturated carbocycles. The van der Waals surface area contributed by atoms with Gasteiger partial charge >= 0.3 is 5.97 Å². The molecule has 0 fully saturated rings. The Morgan fingerprint density at radius 3 is 2.69 bits per heavy atom. The van der Waals surface area contributed by atoms with Crippen LogP contribution in [-0.4, -0.2) is 18.2 Å². The van der Waals surface area contributed by atoms with Crippen molar-refractivity contribution in [3.8, 4) is 5.75 Å². The van der Waals surface area contributed by atoms with E-state index in [9.17, 15) is 4.79 Å². The van der Waals surface area contributed by atoms with Crippen LogP contribution in [0, 0.1) is 0 Å². The van der Waals surface area contributed by atoms with Crippen LogP contribution in [0.1, 0.15) is 10.4 Å². The van der Waals surface area contributed by atoms with E-state index in [-0.39, 0.29) is 17.0 Å². The molecule has 5 heteroatoms. The molecule has 0 amide bonds. The molecule has 0 heterocycles. The number of carboxylic acids is 1. The van der Waals surface area contributed by atoms with E-state index in [4.69, 9.17) is 27.2 Å². The number of anilines is 1. The summed E-state index contributed by atoms with van der Waals surface area (Å²) in [6, 6.07) is 2.77. The van der Waals surface area contributed by atoms with Crippen LogP contribution in [-0.2, 0) is 0 Å². The molecule has 13 heavy (non-hydrogen) atoms. The molecule has 4 nitrogen and oxygen atoms in total. The second kappa shape index (κ2) is 3.53. The first-order valence-corrected chi connectivity index (χ1v) is 3.80. The van der Waals surface area contributed by atoms with Crippen molar-refractivity contribution in [2.75, 3.05) is 12.8 Å². The lowest BCUT2D eigenvalue weighted by atomic mass is 10.1. The van der Waals surface area contributed by atoms with Crippen LogP contribution >= 0.6 is 11.6 Å². The number of nitrogen functional groups attached to an aromatic ring is 1. The van der Waals surface area contributed by atoms with Gasteiger partial charge in [-0.15, -0.1) is 0 Å². The SMILES string of the molecule is COc1cc(Cl)cc(N)c1C(=O)O. The molecule has 0 aliphatic rings. The van der Waals surface area contributed by atoms with Gasteiger partial charge in [0, 0.05) is 5.02 Å². The van der Waals surface area contributed by atoms with Gasteiger partial charge < -0.3 is 15.6 Å². The van der Waals surface area contributed by atoms with E-state index >= 15 is 0 Å². The Morgan fingerprint density at radius 2 is 2.23 bits per heavy atom. The van der Waals surface area contributed by atoms with Crippen LogP contribution < -0.4 is 10.5 Å². The number of hydrogen-bond donors (Lipinski definition) is 2. The molecule has 0 saturated heterocycles. The molecule has 3 N–H and O–H groups in total. The summed E-state index contributed by atoms with van der Waals surface area (Å²) in [5, 5.41) is 9.11. The van der Waals surface area contributed by atoms with Crippen LogP contribution in [0.4, 0.5) is 5.69 Å². The minimum absolute atomic E-state index is 0.0631. The van der Waals surface area contributed by atoms with Crippen molar-refractivity contribution in [1.29, 1.82) is 0 Å². The summed E-state index contributed by atoms with van der Waals surface area (Å²) in [6.45, 7) is 0. The van der Waals surface area contributed by atoms with Gasteiger partial charge in [0.15, 0.2) is 0 Å². The van der Waals surface area contributed by atoms with Gasteiger partial charge in [0.2, 0.25) is 0 Å². The van der Waals surface area contributed by atoms with E-state index in [2.05, 4.69) is 0 Å². The van der Waals surface area contributed by atoms with Crippen LogP contribution in [0.3, 0.4) is 0 Å². The molecule has 0 spiro atoms. The van der Waals surface area contributed by atoms with Crippen molar-refractivity contribution in [3.63, 3.8) is 0 Å². The standard InChI is InChI=1S/C8H8ClNO3/c1-13-6-3-4(9)2-5(10)7(6)8(11)12/h2-3H,10H2,1H3,(H,11,12). The molecule has 1 rings (SSSR count). The zero-order chi connectivity index (χ0) is 10.0. The first kappa shape index (κ1) is 9.67. The Kier molecular flexibility index (Phi) is 2.63. The topological polar surface area (TPSA) is 72.5 Å². The number of ether oxygens (including phenoxy) is 1. The van der Waals surface area contributed by atoms with Crippen molar-refractivity contribution in [2.24, 2.45) is 0 Å². The molecule has 70 valence electrons. The molecule has 0 atom stereocenters. The van der Waals surface area contributed by atoms with Gasteiger partial charge in [-0.2, -0.15) is 0 Å². The monoisotopic (exact) mass is 201 g/mol. The van der Waals surface area contributed by atoms with Gasteiger partial charge in [0.05, 0.1) is 12.8 Å². The Hall–Kier alpha value is -1.42. The van der Waals surface area contributed by atoms with Crippen molar-refractivity contribution in [1.82, 2.24) is 0 Å². The first-order chi connectivity index (χ1) is 6.06. The van der Waals surface area contributed by atoms with Crippen LogP contribution in [0.5, 0.6) is 5.75 Å². The maximum absolute atomic E-state index is 10.7. The normalized spacial score (nSPS) is 9.69. The van der Waals surface area contributed by atoms with Gasteiger partial charge in [-0.25, -0.2) is 4.79 Å². The highest BCUT2D eigenvalue weighted by Gasteiger charge is 2.15. The predicted molar refractivity (Wildman–Crippen MR) is 49.4 cm³/mol. The second-order valence-electron chi connectivity index (χ2n) is 2.38. The first-order valence-electron chi connectivity index (χ1n) is 3.42. The fourth-order valence-corrected chi connectivity index (χ4v) is 1.21. The molecule has 1 aromatic rings. The van der Waals surface area contributed by atoms with E-state index in [1.54, 1.807) is 0 Å². The number of halogens is 1. The summed E-state index contributed by atoms with van der Waals surface area (Å²) in [4.78, 5) is 10.7. The van der Waals surface area contributed by atoms with Crippen molar-refractivity contribution in [3.05, 3.63) is 22.7 Å². The summed E-state index contributed by atoms with van der Waals surface area (Å²) in [5.74, 6) is -0.969. The second-order valence-corrected chi connectivity index (χ2v) is 2.81. The summed E-state index contributed by atoms with van der Waals surface area (Å²) < 4.78 is 4.82. The highest BCUT2D eigenvalue weighted by Crippen LogP contribution is 2.28. The predicted octanol–water partition coefficient (Wildman–Crippen LogP) is 1.63. The Labute approximate surface area is 79.9 Å². The number of aromatic carboxylic acids is 1. The molecule has 0 bridgehead atoms. The van der Waals surface area contributed by atoms with Crippen LogP contribution in [0.15, 0.2) is 12.1 Å². The lowest BCUT2D eigenvalue weighted by Crippen LogP contribution is -2.05.